The first kappa shape index (κ1) is 20.9. The molecular formula is C27H25N3O3. The molecule has 1 amide bonds. The first-order valence-corrected chi connectivity index (χ1v) is 11.2. The average molecular weight is 440 g/mol. The van der Waals surface area contributed by atoms with Crippen molar-refractivity contribution in [1.82, 2.24) is 9.55 Å². The fraction of sp³-hybridized carbons (Fsp3) is 0.222. The van der Waals surface area contributed by atoms with Crippen molar-refractivity contribution < 1.29 is 14.3 Å². The van der Waals surface area contributed by atoms with E-state index in [1.165, 1.54) is 0 Å². The molecule has 0 N–H and O–H groups in total. The molecule has 0 spiro atoms. The van der Waals surface area contributed by atoms with Gasteiger partial charge in [0, 0.05) is 6.54 Å². The highest BCUT2D eigenvalue weighted by Gasteiger charge is 2.47. The van der Waals surface area contributed by atoms with Crippen LogP contribution in [0.15, 0.2) is 84.9 Å². The average Bonchev–Trinajstić information content (AvgIpc) is 3.23. The van der Waals surface area contributed by atoms with Gasteiger partial charge in [0.1, 0.15) is 0 Å². The molecule has 166 valence electrons. The Hall–Kier alpha value is -3.93. The van der Waals surface area contributed by atoms with Crippen molar-refractivity contribution in [2.24, 2.45) is 5.92 Å². The summed E-state index contributed by atoms with van der Waals surface area (Å²) >= 11 is 0. The molecule has 0 radical (unpaired) electrons. The minimum atomic E-state index is -0.992. The van der Waals surface area contributed by atoms with Crippen LogP contribution in [-0.2, 0) is 20.7 Å². The third kappa shape index (κ3) is 3.78. The largest absolute Gasteiger partial charge is 0.465 e. The van der Waals surface area contributed by atoms with Gasteiger partial charge in [-0.15, -0.1) is 0 Å². The molecule has 0 bridgehead atoms. The number of fused-ring (bicyclic) bond motifs is 3. The van der Waals surface area contributed by atoms with E-state index in [-0.39, 0.29) is 12.5 Å². The Labute approximate surface area is 192 Å². The van der Waals surface area contributed by atoms with Crippen LogP contribution in [0.4, 0.5) is 5.95 Å². The predicted octanol–water partition coefficient (Wildman–Crippen LogP) is 4.39. The maximum Gasteiger partial charge on any atom is 0.321 e. The van der Waals surface area contributed by atoms with Crippen LogP contribution in [0.3, 0.4) is 0 Å². The van der Waals surface area contributed by atoms with Crippen LogP contribution in [0, 0.1) is 5.92 Å². The molecule has 0 aliphatic carbocycles. The number of carbonyl (C=O) groups excluding carboxylic acids is 2. The molecule has 33 heavy (non-hydrogen) atoms. The predicted molar refractivity (Wildman–Crippen MR) is 127 cm³/mol. The molecule has 1 aromatic heterocycles. The highest BCUT2D eigenvalue weighted by atomic mass is 16.5. The summed E-state index contributed by atoms with van der Waals surface area (Å²) in [6.45, 7) is 2.39. The molecule has 0 fully saturated rings. The summed E-state index contributed by atoms with van der Waals surface area (Å²) in [7, 11) is 0. The summed E-state index contributed by atoms with van der Waals surface area (Å²) in [6, 6.07) is 26.9. The molecule has 5 rings (SSSR count). The molecule has 4 aromatic rings. The molecule has 1 aliphatic heterocycles. The lowest BCUT2D eigenvalue weighted by Crippen LogP contribution is -2.50. The van der Waals surface area contributed by atoms with E-state index in [1.807, 2.05) is 89.5 Å². The van der Waals surface area contributed by atoms with Crippen molar-refractivity contribution >= 4 is 28.9 Å². The van der Waals surface area contributed by atoms with Crippen LogP contribution in [0.1, 0.15) is 24.1 Å². The van der Waals surface area contributed by atoms with Gasteiger partial charge in [0.15, 0.2) is 5.92 Å². The Morgan fingerprint density at radius 3 is 2.33 bits per heavy atom. The molecule has 0 saturated heterocycles. The van der Waals surface area contributed by atoms with Crippen molar-refractivity contribution in [1.29, 1.82) is 0 Å². The number of hydrogen-bond donors (Lipinski definition) is 0. The highest BCUT2D eigenvalue weighted by molar-refractivity contribution is 6.08. The minimum Gasteiger partial charge on any atom is -0.465 e. The number of anilines is 1. The fourth-order valence-corrected chi connectivity index (χ4v) is 4.60. The highest BCUT2D eigenvalue weighted by Crippen LogP contribution is 2.41. The Kier molecular flexibility index (Phi) is 5.65. The van der Waals surface area contributed by atoms with Crippen molar-refractivity contribution in [3.05, 3.63) is 96.1 Å². The maximum absolute atomic E-state index is 13.9. The van der Waals surface area contributed by atoms with Crippen LogP contribution in [0.2, 0.25) is 0 Å². The first-order valence-electron chi connectivity index (χ1n) is 11.2. The zero-order valence-corrected chi connectivity index (χ0v) is 18.4. The molecular weight excluding hydrogens is 414 g/mol. The maximum atomic E-state index is 13.9. The topological polar surface area (TPSA) is 64.4 Å². The van der Waals surface area contributed by atoms with Gasteiger partial charge in [0.2, 0.25) is 11.9 Å². The Morgan fingerprint density at radius 2 is 1.61 bits per heavy atom. The zero-order valence-electron chi connectivity index (χ0n) is 18.4. The molecule has 6 nitrogen and oxygen atoms in total. The second-order valence-corrected chi connectivity index (χ2v) is 8.08. The van der Waals surface area contributed by atoms with E-state index >= 15 is 0 Å². The van der Waals surface area contributed by atoms with Gasteiger partial charge in [-0.25, -0.2) is 4.98 Å². The van der Waals surface area contributed by atoms with E-state index in [2.05, 4.69) is 0 Å². The number of ether oxygens (including phenoxy) is 1. The molecule has 0 saturated carbocycles. The normalized spacial score (nSPS) is 17.7. The number of carbonyl (C=O) groups is 2. The quantitative estimate of drug-likeness (QED) is 0.330. The van der Waals surface area contributed by atoms with Crippen LogP contribution >= 0.6 is 0 Å². The van der Waals surface area contributed by atoms with E-state index in [1.54, 1.807) is 11.8 Å². The van der Waals surface area contributed by atoms with Crippen molar-refractivity contribution in [3.63, 3.8) is 0 Å². The minimum absolute atomic E-state index is 0.214. The molecule has 6 heteroatoms. The van der Waals surface area contributed by atoms with E-state index in [0.717, 1.165) is 22.2 Å². The number of para-hydroxylation sites is 2. The molecule has 2 heterocycles. The van der Waals surface area contributed by atoms with Crippen molar-refractivity contribution in [3.8, 4) is 0 Å². The monoisotopic (exact) mass is 439 g/mol. The smallest absolute Gasteiger partial charge is 0.321 e. The molecule has 0 unspecified atom stereocenters. The lowest BCUT2D eigenvalue weighted by molar-refractivity contribution is -0.153. The summed E-state index contributed by atoms with van der Waals surface area (Å²) in [5.41, 5.74) is 3.66. The molecule has 2 atom stereocenters. The number of aromatic nitrogens is 2. The van der Waals surface area contributed by atoms with Crippen LogP contribution in [0.25, 0.3) is 11.0 Å². The third-order valence-electron chi connectivity index (χ3n) is 6.09. The van der Waals surface area contributed by atoms with Gasteiger partial charge in [-0.3, -0.25) is 14.5 Å². The van der Waals surface area contributed by atoms with E-state index < -0.39 is 17.9 Å². The SMILES string of the molecule is CCOC(=O)[C@H]1C(=O)N(CCc2ccccc2)c2nc3ccccc3n2[C@@H]1c1ccccc1. The summed E-state index contributed by atoms with van der Waals surface area (Å²) in [4.78, 5) is 33.5. The standard InChI is InChI=1S/C27H25N3O3/c1-2-33-26(32)23-24(20-13-7-4-8-14-20)30-22-16-10-9-15-21(22)28-27(30)29(25(23)31)18-17-19-11-5-3-6-12-19/h3-16,23-24H,2,17-18H2,1H3/t23-,24-/m1/s1. The van der Waals surface area contributed by atoms with E-state index in [4.69, 9.17) is 9.72 Å². The van der Waals surface area contributed by atoms with Gasteiger partial charge in [-0.05, 0) is 36.6 Å². The summed E-state index contributed by atoms with van der Waals surface area (Å²) in [5.74, 6) is -1.22. The van der Waals surface area contributed by atoms with E-state index in [9.17, 15) is 9.59 Å². The molecule has 1 aliphatic rings. The van der Waals surface area contributed by atoms with Gasteiger partial charge in [0.25, 0.3) is 0 Å². The number of nitrogens with zero attached hydrogens (tertiary/aromatic N) is 3. The fourth-order valence-electron chi connectivity index (χ4n) is 4.60. The second-order valence-electron chi connectivity index (χ2n) is 8.08. The number of rotatable bonds is 6. The lowest BCUT2D eigenvalue weighted by Gasteiger charge is -2.38. The number of esters is 1. The molecule has 3 aromatic carbocycles. The Balaban J connectivity index is 1.67. The van der Waals surface area contributed by atoms with Crippen molar-refractivity contribution in [2.75, 3.05) is 18.1 Å². The van der Waals surface area contributed by atoms with Crippen LogP contribution in [0.5, 0.6) is 0 Å². The Morgan fingerprint density at radius 1 is 0.939 bits per heavy atom. The van der Waals surface area contributed by atoms with Crippen molar-refractivity contribution in [2.45, 2.75) is 19.4 Å². The van der Waals surface area contributed by atoms with Crippen LogP contribution in [-0.4, -0.2) is 34.6 Å². The lowest BCUT2D eigenvalue weighted by atomic mass is 9.89. The van der Waals surface area contributed by atoms with Gasteiger partial charge in [0.05, 0.1) is 23.7 Å². The van der Waals surface area contributed by atoms with Crippen LogP contribution < -0.4 is 4.90 Å². The van der Waals surface area contributed by atoms with E-state index in [0.29, 0.717) is 18.9 Å². The van der Waals surface area contributed by atoms with Gasteiger partial charge >= 0.3 is 5.97 Å². The second kappa shape index (κ2) is 8.90. The number of benzene rings is 3. The Bertz CT molecular complexity index is 1280. The first-order chi connectivity index (χ1) is 16.2. The number of hydrogen-bond acceptors (Lipinski definition) is 4. The summed E-state index contributed by atoms with van der Waals surface area (Å²) < 4.78 is 7.42. The summed E-state index contributed by atoms with van der Waals surface area (Å²) in [5, 5.41) is 0. The zero-order chi connectivity index (χ0) is 22.8. The van der Waals surface area contributed by atoms with Gasteiger partial charge in [-0.2, -0.15) is 0 Å². The van der Waals surface area contributed by atoms with Gasteiger partial charge < -0.3 is 9.30 Å². The number of imidazole rings is 1. The summed E-state index contributed by atoms with van der Waals surface area (Å²) in [6.07, 6.45) is 0.654. The van der Waals surface area contributed by atoms with Gasteiger partial charge in [-0.1, -0.05) is 72.8 Å². The third-order valence-corrected chi connectivity index (χ3v) is 6.09. The number of amides is 1.